The zero-order valence-corrected chi connectivity index (χ0v) is 24.9. The van der Waals surface area contributed by atoms with Gasteiger partial charge < -0.3 is 20.4 Å². The predicted molar refractivity (Wildman–Crippen MR) is 162 cm³/mol. The molecule has 1 amide bonds. The van der Waals surface area contributed by atoms with Crippen LogP contribution in [0.2, 0.25) is 0 Å². The average molecular weight is 575 g/mol. The van der Waals surface area contributed by atoms with E-state index < -0.39 is 11.7 Å². The number of nitrogens with one attached hydrogen (secondary N) is 2. The fourth-order valence-electron chi connectivity index (χ4n) is 5.14. The van der Waals surface area contributed by atoms with E-state index >= 15 is 0 Å². The number of carbonyl (C=O) groups is 1. The first-order valence-corrected chi connectivity index (χ1v) is 14.3. The molecule has 0 bridgehead atoms. The Morgan fingerprint density at radius 3 is 2.29 bits per heavy atom. The van der Waals surface area contributed by atoms with Crippen LogP contribution in [-0.2, 0) is 0 Å². The summed E-state index contributed by atoms with van der Waals surface area (Å²) in [6.07, 6.45) is 0.459. The molecule has 1 saturated heterocycles. The highest BCUT2D eigenvalue weighted by Gasteiger charge is 2.39. The smallest absolute Gasteiger partial charge is 0.367 e. The number of rotatable bonds is 9. The molecule has 0 aromatic heterocycles. The van der Waals surface area contributed by atoms with Gasteiger partial charge in [0.25, 0.3) is 5.91 Å². The van der Waals surface area contributed by atoms with Gasteiger partial charge in [0, 0.05) is 49.7 Å². The number of benzene rings is 1. The number of piperazine rings is 1. The van der Waals surface area contributed by atoms with Gasteiger partial charge in [-0.2, -0.15) is 13.2 Å². The molecule has 0 spiro atoms. The molecule has 1 saturated carbocycles. The molecule has 1 aliphatic heterocycles. The molecule has 41 heavy (non-hydrogen) atoms. The minimum atomic E-state index is -4.66. The van der Waals surface area contributed by atoms with Gasteiger partial charge in [0.2, 0.25) is 0 Å². The third-order valence-electron chi connectivity index (χ3n) is 8.02. The van der Waals surface area contributed by atoms with Gasteiger partial charge in [0.05, 0.1) is 0 Å². The lowest BCUT2D eigenvalue weighted by Crippen LogP contribution is -2.47. The average Bonchev–Trinajstić information content (AvgIpc) is 2.91. The van der Waals surface area contributed by atoms with Crippen molar-refractivity contribution in [1.29, 1.82) is 0 Å². The molecule has 7 nitrogen and oxygen atoms in total. The lowest BCUT2D eigenvalue weighted by molar-refractivity contribution is -0.0866. The molecule has 2 fully saturated rings. The Bertz CT molecular complexity index is 1110. The van der Waals surface area contributed by atoms with Gasteiger partial charge >= 0.3 is 6.18 Å². The van der Waals surface area contributed by atoms with E-state index in [9.17, 15) is 18.0 Å². The number of anilines is 1. The topological polar surface area (TPSA) is 72.3 Å². The molecule has 0 radical (unpaired) electrons. The molecule has 2 unspecified atom stereocenters. The van der Waals surface area contributed by atoms with Crippen molar-refractivity contribution in [1.82, 2.24) is 15.1 Å². The Balaban J connectivity index is 1.74. The van der Waals surface area contributed by atoms with Crippen molar-refractivity contribution in [3.63, 3.8) is 0 Å². The maximum absolute atomic E-state index is 14.1. The van der Waals surface area contributed by atoms with Gasteiger partial charge in [-0.3, -0.25) is 9.79 Å². The van der Waals surface area contributed by atoms with E-state index in [1.807, 2.05) is 11.9 Å². The minimum Gasteiger partial charge on any atom is -0.367 e. The summed E-state index contributed by atoms with van der Waals surface area (Å²) in [5.74, 6) is -0.120. The van der Waals surface area contributed by atoms with Crippen LogP contribution >= 0.6 is 0 Å². The first-order valence-electron chi connectivity index (χ1n) is 14.3. The molecular weight excluding hydrogens is 529 g/mol. The van der Waals surface area contributed by atoms with Crippen molar-refractivity contribution in [2.45, 2.75) is 65.1 Å². The van der Waals surface area contributed by atoms with Gasteiger partial charge in [-0.1, -0.05) is 45.8 Å². The second-order valence-electron chi connectivity index (χ2n) is 12.1. The normalized spacial score (nSPS) is 21.4. The van der Waals surface area contributed by atoms with E-state index in [0.717, 1.165) is 57.0 Å². The Morgan fingerprint density at radius 1 is 1.07 bits per heavy atom. The van der Waals surface area contributed by atoms with Gasteiger partial charge in [0.1, 0.15) is 18.1 Å². The number of nitrogens with zero attached hydrogens (tertiary/aromatic N) is 4. The van der Waals surface area contributed by atoms with Crippen molar-refractivity contribution < 1.29 is 18.0 Å². The van der Waals surface area contributed by atoms with Crippen LogP contribution in [0.15, 0.2) is 58.2 Å². The summed E-state index contributed by atoms with van der Waals surface area (Å²) in [4.78, 5) is 24.6. The molecule has 1 aromatic rings. The number of amidine groups is 1. The van der Waals surface area contributed by atoms with Crippen molar-refractivity contribution in [2.24, 2.45) is 21.3 Å². The summed E-state index contributed by atoms with van der Waals surface area (Å²) in [7, 11) is 2.03. The van der Waals surface area contributed by atoms with E-state index in [0.29, 0.717) is 24.3 Å². The minimum absolute atomic E-state index is 0.0257. The van der Waals surface area contributed by atoms with Crippen molar-refractivity contribution in [2.75, 3.05) is 45.2 Å². The summed E-state index contributed by atoms with van der Waals surface area (Å²) in [6.45, 7) is 16.8. The predicted octanol–water partition coefficient (Wildman–Crippen LogP) is 6.13. The summed E-state index contributed by atoms with van der Waals surface area (Å²) >= 11 is 0. The number of alkyl halides is 3. The molecule has 1 aromatic carbocycles. The monoisotopic (exact) mass is 574 g/mol. The van der Waals surface area contributed by atoms with E-state index in [2.05, 4.69) is 59.6 Å². The zero-order valence-electron chi connectivity index (χ0n) is 24.9. The standard InChI is InChI=1S/C31H45F3N6O/c1-22(30(2,3)4)19-24-9-7-8-10-27(24)38-28(26(20-35-5)31(32,33)34)37-21-36-25-13-11-23(12-14-25)29(41)40-17-15-39(6)16-18-40/h11-14,20,24,27,36H,1,5,7-10,15-19,21H2,2-4,6H3,(H,37,38)/b26-20+. The second kappa shape index (κ2) is 14.2. The number of carbonyl (C=O) groups excluding carboxylic acids is 1. The van der Waals surface area contributed by atoms with E-state index in [1.54, 1.807) is 24.3 Å². The molecule has 10 heteroatoms. The van der Waals surface area contributed by atoms with E-state index in [1.165, 1.54) is 0 Å². The molecule has 2 atom stereocenters. The number of aliphatic imine (C=N–C) groups is 2. The highest BCUT2D eigenvalue weighted by atomic mass is 19.4. The number of halogens is 3. The summed E-state index contributed by atoms with van der Waals surface area (Å²) < 4.78 is 42.2. The Hall–Kier alpha value is -3.14. The Kier molecular flexibility index (Phi) is 11.2. The summed E-state index contributed by atoms with van der Waals surface area (Å²) in [6, 6.07) is 6.77. The van der Waals surface area contributed by atoms with Crippen LogP contribution in [0.1, 0.15) is 63.2 Å². The molecule has 2 N–H and O–H groups in total. The summed E-state index contributed by atoms with van der Waals surface area (Å²) in [5, 5.41) is 6.20. The number of hydrogen-bond donors (Lipinski definition) is 2. The Morgan fingerprint density at radius 2 is 1.71 bits per heavy atom. The number of likely N-dealkylation sites (N-methyl/N-ethyl adjacent to an activating group) is 1. The van der Waals surface area contributed by atoms with Gasteiger partial charge in [-0.15, -0.1) is 0 Å². The van der Waals surface area contributed by atoms with Crippen LogP contribution in [0.3, 0.4) is 0 Å². The largest absolute Gasteiger partial charge is 0.421 e. The van der Waals surface area contributed by atoms with Crippen LogP contribution in [0, 0.1) is 11.3 Å². The third kappa shape index (κ3) is 9.45. The van der Waals surface area contributed by atoms with Gasteiger partial charge in [0.15, 0.2) is 0 Å². The van der Waals surface area contributed by atoms with Crippen LogP contribution in [-0.4, -0.2) is 80.4 Å². The van der Waals surface area contributed by atoms with Crippen LogP contribution < -0.4 is 10.6 Å². The highest BCUT2D eigenvalue weighted by molar-refractivity contribution is 5.99. The van der Waals surface area contributed by atoms with Crippen LogP contribution in [0.5, 0.6) is 0 Å². The van der Waals surface area contributed by atoms with Gasteiger partial charge in [-0.25, -0.2) is 4.99 Å². The maximum Gasteiger partial charge on any atom is 0.421 e. The number of allylic oxidation sites excluding steroid dienone is 1. The maximum atomic E-state index is 14.1. The molecule has 2 aliphatic rings. The lowest BCUT2D eigenvalue weighted by Gasteiger charge is -2.36. The van der Waals surface area contributed by atoms with Crippen LogP contribution in [0.4, 0.5) is 18.9 Å². The second-order valence-corrected chi connectivity index (χ2v) is 12.1. The van der Waals surface area contributed by atoms with Crippen molar-refractivity contribution in [3.05, 3.63) is 53.8 Å². The Labute approximate surface area is 242 Å². The molecule has 1 heterocycles. The first kappa shape index (κ1) is 32.4. The highest BCUT2D eigenvalue weighted by Crippen LogP contribution is 2.36. The summed E-state index contributed by atoms with van der Waals surface area (Å²) in [5.41, 5.74) is 1.29. The number of amides is 1. The first-order chi connectivity index (χ1) is 19.3. The fourth-order valence-corrected chi connectivity index (χ4v) is 5.14. The van der Waals surface area contributed by atoms with Gasteiger partial charge in [-0.05, 0) is 68.6 Å². The van der Waals surface area contributed by atoms with E-state index in [-0.39, 0.29) is 35.8 Å². The molecule has 226 valence electrons. The lowest BCUT2D eigenvalue weighted by atomic mass is 9.75. The molecule has 3 rings (SSSR count). The molecular formula is C31H45F3N6O. The fraction of sp³-hybridized carbons (Fsp3) is 0.581. The molecule has 1 aliphatic carbocycles. The number of hydrogen-bond acceptors (Lipinski definition) is 5. The van der Waals surface area contributed by atoms with Crippen molar-refractivity contribution in [3.8, 4) is 0 Å². The SMILES string of the molecule is C=N/C=C(\C(=N/CNc1ccc(C(=O)N2CCN(C)CC2)cc1)NC1CCCCC1CC(=C)C(C)(C)C)C(F)(F)F. The zero-order chi connectivity index (χ0) is 30.2. The third-order valence-corrected chi connectivity index (χ3v) is 8.02. The van der Waals surface area contributed by atoms with Crippen molar-refractivity contribution >= 4 is 24.1 Å². The quantitative estimate of drug-likeness (QED) is 0.212. The van der Waals surface area contributed by atoms with E-state index in [4.69, 9.17) is 0 Å². The van der Waals surface area contributed by atoms with Crippen LogP contribution in [0.25, 0.3) is 0 Å².